The zero-order chi connectivity index (χ0) is 20.9. The number of quaternary nitrogens is 1. The summed E-state index contributed by atoms with van der Waals surface area (Å²) >= 11 is 0. The highest BCUT2D eigenvalue weighted by Crippen LogP contribution is 2.13. The molecule has 1 amide bonds. The van der Waals surface area contributed by atoms with E-state index in [1.807, 2.05) is 26.2 Å². The number of carbonyl (C=O) groups is 1. The second kappa shape index (κ2) is 9.08. The predicted molar refractivity (Wildman–Crippen MR) is 106 cm³/mol. The van der Waals surface area contributed by atoms with E-state index >= 15 is 0 Å². The first-order valence-corrected chi connectivity index (χ1v) is 10.6. The van der Waals surface area contributed by atoms with E-state index in [0.29, 0.717) is 17.9 Å². The summed E-state index contributed by atoms with van der Waals surface area (Å²) < 4.78 is 37.7. The fourth-order valence-corrected chi connectivity index (χ4v) is 3.82. The van der Waals surface area contributed by atoms with Crippen LogP contribution in [0.25, 0.3) is 0 Å². The van der Waals surface area contributed by atoms with Gasteiger partial charge in [-0.25, -0.2) is 13.1 Å². The molecule has 3 rings (SSSR count). The number of hydrogen-bond donors (Lipinski definition) is 3. The van der Waals surface area contributed by atoms with Crippen molar-refractivity contribution in [2.24, 2.45) is 0 Å². The summed E-state index contributed by atoms with van der Waals surface area (Å²) in [5.41, 5.74) is 0.377. The molecule has 0 unspecified atom stereocenters. The van der Waals surface area contributed by atoms with E-state index < -0.39 is 10.0 Å². The molecule has 0 saturated heterocycles. The van der Waals surface area contributed by atoms with Crippen molar-refractivity contribution in [1.82, 2.24) is 10.0 Å². The van der Waals surface area contributed by atoms with E-state index in [1.165, 1.54) is 30.5 Å². The Balaban J connectivity index is 1.60. The Morgan fingerprint density at radius 1 is 1.03 bits per heavy atom. The molecule has 2 aromatic heterocycles. The summed E-state index contributed by atoms with van der Waals surface area (Å²) in [6, 6.07) is 12.8. The first-order chi connectivity index (χ1) is 13.9. The van der Waals surface area contributed by atoms with E-state index in [2.05, 4.69) is 10.0 Å². The number of amides is 1. The molecule has 0 radical (unpaired) electrons. The molecule has 0 aliphatic heterocycles. The monoisotopic (exact) mass is 418 g/mol. The lowest BCUT2D eigenvalue weighted by Crippen LogP contribution is -3.07. The molecule has 0 aliphatic carbocycles. The Bertz CT molecular complexity index is 1010. The van der Waals surface area contributed by atoms with Gasteiger partial charge < -0.3 is 19.1 Å². The van der Waals surface area contributed by atoms with Gasteiger partial charge in [0.25, 0.3) is 5.91 Å². The standard InChI is InChI=1S/C20H23N3O5S/c1-23(2)18(19-6-4-12-28-19)14-21-20(24)15-7-9-17(10-8-15)29(25,26)22-13-16-5-3-11-27-16/h3-12,18,22H,13-14H2,1-2H3,(H,21,24)/p+1/t18-/m1/s1. The lowest BCUT2D eigenvalue weighted by molar-refractivity contribution is -0.891. The zero-order valence-corrected chi connectivity index (χ0v) is 17.0. The third-order valence-corrected chi connectivity index (χ3v) is 5.91. The largest absolute Gasteiger partial charge is 0.468 e. The first kappa shape index (κ1) is 20.8. The summed E-state index contributed by atoms with van der Waals surface area (Å²) in [5.74, 6) is 1.02. The molecule has 29 heavy (non-hydrogen) atoms. The van der Waals surface area contributed by atoms with E-state index in [9.17, 15) is 13.2 Å². The summed E-state index contributed by atoms with van der Waals surface area (Å²) in [6.45, 7) is 0.443. The van der Waals surface area contributed by atoms with Crippen LogP contribution in [0.15, 0.2) is 74.8 Å². The molecule has 0 fully saturated rings. The molecule has 2 heterocycles. The quantitative estimate of drug-likeness (QED) is 0.480. The van der Waals surface area contributed by atoms with E-state index in [0.717, 1.165) is 10.7 Å². The van der Waals surface area contributed by atoms with Crippen molar-refractivity contribution in [3.05, 3.63) is 78.1 Å². The maximum absolute atomic E-state index is 12.5. The van der Waals surface area contributed by atoms with Gasteiger partial charge in [0.1, 0.15) is 5.76 Å². The molecule has 0 spiro atoms. The summed E-state index contributed by atoms with van der Waals surface area (Å²) in [4.78, 5) is 13.6. The fourth-order valence-electron chi connectivity index (χ4n) is 2.82. The van der Waals surface area contributed by atoms with Crippen molar-refractivity contribution in [2.75, 3.05) is 20.6 Å². The van der Waals surface area contributed by atoms with Crippen molar-refractivity contribution < 1.29 is 26.9 Å². The van der Waals surface area contributed by atoms with Crippen LogP contribution in [0.3, 0.4) is 0 Å². The molecular weight excluding hydrogens is 394 g/mol. The molecule has 1 aromatic carbocycles. The van der Waals surface area contributed by atoms with Gasteiger partial charge in [-0.3, -0.25) is 4.79 Å². The van der Waals surface area contributed by atoms with Crippen molar-refractivity contribution >= 4 is 15.9 Å². The Morgan fingerprint density at radius 2 is 1.72 bits per heavy atom. The smallest absolute Gasteiger partial charge is 0.251 e. The molecule has 1 atom stereocenters. The highest BCUT2D eigenvalue weighted by molar-refractivity contribution is 7.89. The predicted octanol–water partition coefficient (Wildman–Crippen LogP) is 0.967. The first-order valence-electron chi connectivity index (χ1n) is 9.10. The third-order valence-electron chi connectivity index (χ3n) is 4.49. The van der Waals surface area contributed by atoms with Crippen molar-refractivity contribution in [1.29, 1.82) is 0 Å². The van der Waals surface area contributed by atoms with Gasteiger partial charge in [-0.15, -0.1) is 0 Å². The van der Waals surface area contributed by atoms with Gasteiger partial charge in [0.2, 0.25) is 10.0 Å². The SMILES string of the molecule is C[NH+](C)[C@H](CNC(=O)c1ccc(S(=O)(=O)NCc2ccco2)cc1)c1ccco1. The van der Waals surface area contributed by atoms with Crippen LogP contribution in [-0.4, -0.2) is 35.0 Å². The zero-order valence-electron chi connectivity index (χ0n) is 16.2. The van der Waals surface area contributed by atoms with Gasteiger partial charge in [-0.05, 0) is 48.5 Å². The van der Waals surface area contributed by atoms with Crippen LogP contribution < -0.4 is 14.9 Å². The fraction of sp³-hybridized carbons (Fsp3) is 0.250. The van der Waals surface area contributed by atoms with E-state index in [-0.39, 0.29) is 23.4 Å². The number of likely N-dealkylation sites (N-methyl/N-ethyl adjacent to an activating group) is 1. The average Bonchev–Trinajstić information content (AvgIpc) is 3.40. The summed E-state index contributed by atoms with van der Waals surface area (Å²) in [6.07, 6.45) is 3.08. The number of nitrogens with one attached hydrogen (secondary N) is 3. The van der Waals surface area contributed by atoms with Gasteiger partial charge in [-0.2, -0.15) is 0 Å². The Labute approximate surface area is 169 Å². The number of furan rings is 2. The van der Waals surface area contributed by atoms with Gasteiger partial charge >= 0.3 is 0 Å². The second-order valence-electron chi connectivity index (χ2n) is 6.78. The lowest BCUT2D eigenvalue weighted by Gasteiger charge is -2.19. The third kappa shape index (κ3) is 5.35. The van der Waals surface area contributed by atoms with Crippen molar-refractivity contribution in [3.63, 3.8) is 0 Å². The van der Waals surface area contributed by atoms with E-state index in [4.69, 9.17) is 8.83 Å². The highest BCUT2D eigenvalue weighted by Gasteiger charge is 2.22. The second-order valence-corrected chi connectivity index (χ2v) is 8.55. The van der Waals surface area contributed by atoms with Crippen LogP contribution in [0.2, 0.25) is 0 Å². The van der Waals surface area contributed by atoms with Gasteiger partial charge in [0.05, 0.1) is 44.6 Å². The number of rotatable bonds is 9. The highest BCUT2D eigenvalue weighted by atomic mass is 32.2. The van der Waals surface area contributed by atoms with E-state index in [1.54, 1.807) is 18.4 Å². The van der Waals surface area contributed by atoms with Gasteiger partial charge in [0.15, 0.2) is 11.8 Å². The molecule has 0 bridgehead atoms. The molecule has 154 valence electrons. The van der Waals surface area contributed by atoms with Crippen LogP contribution in [0.5, 0.6) is 0 Å². The summed E-state index contributed by atoms with van der Waals surface area (Å²) in [7, 11) is 0.259. The Kier molecular flexibility index (Phi) is 6.53. The topological polar surface area (TPSA) is 106 Å². The van der Waals surface area contributed by atoms with Gasteiger partial charge in [-0.1, -0.05) is 0 Å². The lowest BCUT2D eigenvalue weighted by atomic mass is 10.2. The number of carbonyl (C=O) groups excluding carboxylic acids is 1. The maximum atomic E-state index is 12.5. The molecular formula is C20H24N3O5S+. The average molecular weight is 418 g/mol. The molecule has 3 N–H and O–H groups in total. The van der Waals surface area contributed by atoms with Crippen LogP contribution in [0.1, 0.15) is 27.9 Å². The van der Waals surface area contributed by atoms with Crippen LogP contribution >= 0.6 is 0 Å². The van der Waals surface area contributed by atoms with Crippen molar-refractivity contribution in [2.45, 2.75) is 17.5 Å². The minimum atomic E-state index is -3.70. The van der Waals surface area contributed by atoms with Crippen molar-refractivity contribution in [3.8, 4) is 0 Å². The maximum Gasteiger partial charge on any atom is 0.251 e. The van der Waals surface area contributed by atoms with Crippen LogP contribution in [0, 0.1) is 0 Å². The number of hydrogen-bond acceptors (Lipinski definition) is 5. The molecule has 3 aromatic rings. The van der Waals surface area contributed by atoms with Gasteiger partial charge in [0, 0.05) is 5.56 Å². The molecule has 9 heteroatoms. The normalized spacial score (nSPS) is 12.8. The number of sulfonamides is 1. The number of benzene rings is 1. The Hall–Kier alpha value is -2.88. The molecule has 8 nitrogen and oxygen atoms in total. The molecule has 0 saturated carbocycles. The summed E-state index contributed by atoms with van der Waals surface area (Å²) in [5, 5.41) is 2.87. The Morgan fingerprint density at radius 3 is 2.31 bits per heavy atom. The molecule has 0 aliphatic rings. The van der Waals surface area contributed by atoms with Crippen LogP contribution in [0.4, 0.5) is 0 Å². The van der Waals surface area contributed by atoms with Crippen LogP contribution in [-0.2, 0) is 16.6 Å². The minimum absolute atomic E-state index is 0.0283. The minimum Gasteiger partial charge on any atom is -0.468 e.